The highest BCUT2D eigenvalue weighted by atomic mass is 16.5. The zero-order valence-electron chi connectivity index (χ0n) is 29.3. The maximum Gasteiger partial charge on any atom is 0.0994 e. The highest BCUT2D eigenvalue weighted by molar-refractivity contribution is 5.70. The van der Waals surface area contributed by atoms with E-state index in [-0.39, 0.29) is 0 Å². The summed E-state index contributed by atoms with van der Waals surface area (Å²) in [7, 11) is 0. The SMILES string of the molecule is CCCCCCCCN(CCCC)COCc1ccccc1-c1ccccc1COCN(CCCC)CCCCCCCC. The van der Waals surface area contributed by atoms with Gasteiger partial charge in [0.05, 0.1) is 26.7 Å². The van der Waals surface area contributed by atoms with Crippen LogP contribution >= 0.6 is 0 Å². The van der Waals surface area contributed by atoms with Gasteiger partial charge < -0.3 is 9.47 Å². The molecule has 2 aromatic rings. The second-order valence-electron chi connectivity index (χ2n) is 12.7. The third-order valence-electron chi connectivity index (χ3n) is 8.70. The predicted octanol–water partition coefficient (Wildman–Crippen LogP) is 11.2. The summed E-state index contributed by atoms with van der Waals surface area (Å²) in [5.41, 5.74) is 5.03. The summed E-state index contributed by atoms with van der Waals surface area (Å²) in [6, 6.07) is 17.5. The molecule has 4 nitrogen and oxygen atoms in total. The Bertz CT molecular complexity index is 858. The summed E-state index contributed by atoms with van der Waals surface area (Å²) in [4.78, 5) is 5.03. The molecule has 0 saturated heterocycles. The van der Waals surface area contributed by atoms with Crippen LogP contribution in [0.2, 0.25) is 0 Å². The molecule has 2 aromatic carbocycles. The van der Waals surface area contributed by atoms with Crippen LogP contribution in [0.5, 0.6) is 0 Å². The fraction of sp³-hybridized carbons (Fsp3) is 0.700. The van der Waals surface area contributed by atoms with Crippen LogP contribution in [0.25, 0.3) is 11.1 Å². The van der Waals surface area contributed by atoms with Crippen LogP contribution in [0.3, 0.4) is 0 Å². The van der Waals surface area contributed by atoms with Crippen molar-refractivity contribution in [2.75, 3.05) is 39.6 Å². The van der Waals surface area contributed by atoms with Crippen molar-refractivity contribution in [1.82, 2.24) is 9.80 Å². The smallest absolute Gasteiger partial charge is 0.0994 e. The van der Waals surface area contributed by atoms with Crippen LogP contribution in [0.1, 0.15) is 142 Å². The first-order chi connectivity index (χ1) is 21.7. The first-order valence-electron chi connectivity index (χ1n) is 18.5. The van der Waals surface area contributed by atoms with Crippen molar-refractivity contribution in [3.05, 3.63) is 59.7 Å². The molecule has 0 aliphatic carbocycles. The van der Waals surface area contributed by atoms with Crippen LogP contribution in [-0.2, 0) is 22.7 Å². The Morgan fingerprint density at radius 1 is 0.409 bits per heavy atom. The normalized spacial score (nSPS) is 11.7. The van der Waals surface area contributed by atoms with Crippen molar-refractivity contribution < 1.29 is 9.47 Å². The summed E-state index contributed by atoms with van der Waals surface area (Å²) in [5.74, 6) is 0. The lowest BCUT2D eigenvalue weighted by atomic mass is 9.96. The van der Waals surface area contributed by atoms with Crippen molar-refractivity contribution in [3.8, 4) is 11.1 Å². The third-order valence-corrected chi connectivity index (χ3v) is 8.70. The van der Waals surface area contributed by atoms with Gasteiger partial charge in [-0.05, 0) is 47.9 Å². The quantitative estimate of drug-likeness (QED) is 0.0677. The minimum Gasteiger partial charge on any atom is -0.361 e. The molecule has 0 bridgehead atoms. The minimum absolute atomic E-state index is 0.632. The van der Waals surface area contributed by atoms with Gasteiger partial charge in [0, 0.05) is 26.2 Å². The molecule has 0 amide bonds. The van der Waals surface area contributed by atoms with E-state index in [1.165, 1.54) is 125 Å². The summed E-state index contributed by atoms with van der Waals surface area (Å²) < 4.78 is 12.8. The molecule has 44 heavy (non-hydrogen) atoms. The molecule has 0 unspecified atom stereocenters. The highest BCUT2D eigenvalue weighted by Gasteiger charge is 2.12. The molecule has 0 aliphatic rings. The predicted molar refractivity (Wildman–Crippen MR) is 191 cm³/mol. The van der Waals surface area contributed by atoms with E-state index in [0.717, 1.165) is 26.2 Å². The average molecular weight is 609 g/mol. The van der Waals surface area contributed by atoms with Crippen molar-refractivity contribution in [1.29, 1.82) is 0 Å². The fourth-order valence-corrected chi connectivity index (χ4v) is 5.86. The molecular weight excluding hydrogens is 540 g/mol. The number of hydrogen-bond acceptors (Lipinski definition) is 4. The van der Waals surface area contributed by atoms with E-state index < -0.39 is 0 Å². The lowest BCUT2D eigenvalue weighted by Gasteiger charge is -2.23. The van der Waals surface area contributed by atoms with E-state index in [2.05, 4.69) is 86.0 Å². The van der Waals surface area contributed by atoms with Gasteiger partial charge in [0.2, 0.25) is 0 Å². The van der Waals surface area contributed by atoms with Gasteiger partial charge in [0.25, 0.3) is 0 Å². The van der Waals surface area contributed by atoms with Gasteiger partial charge in [0.1, 0.15) is 0 Å². The molecule has 0 heterocycles. The number of rotatable bonds is 29. The standard InChI is InChI=1S/C40H68N2O2/c1-5-9-13-15-17-23-31-41(29-11-7-3)35-43-33-37-25-19-21-27-39(37)40-28-22-20-26-38(40)34-44-36-42(30-12-8-4)32-24-18-16-14-10-6-2/h19-22,25-28H,5-18,23-24,29-36H2,1-4H3. The number of hydrogen-bond donors (Lipinski definition) is 0. The van der Waals surface area contributed by atoms with Gasteiger partial charge in [-0.25, -0.2) is 0 Å². The van der Waals surface area contributed by atoms with Crippen LogP contribution < -0.4 is 0 Å². The maximum absolute atomic E-state index is 6.38. The lowest BCUT2D eigenvalue weighted by molar-refractivity contribution is 0.0167. The molecule has 4 heteroatoms. The van der Waals surface area contributed by atoms with Crippen molar-refractivity contribution in [3.63, 3.8) is 0 Å². The Labute approximate surface area is 272 Å². The number of ether oxygens (including phenoxy) is 2. The molecule has 0 fully saturated rings. The highest BCUT2D eigenvalue weighted by Crippen LogP contribution is 2.28. The van der Waals surface area contributed by atoms with E-state index in [9.17, 15) is 0 Å². The van der Waals surface area contributed by atoms with Gasteiger partial charge in [0.15, 0.2) is 0 Å². The van der Waals surface area contributed by atoms with Crippen LogP contribution in [0, 0.1) is 0 Å². The fourth-order valence-electron chi connectivity index (χ4n) is 5.86. The van der Waals surface area contributed by atoms with E-state index in [0.29, 0.717) is 26.7 Å². The largest absolute Gasteiger partial charge is 0.361 e. The molecule has 0 atom stereocenters. The molecule has 0 saturated carbocycles. The number of benzene rings is 2. The van der Waals surface area contributed by atoms with Gasteiger partial charge in [-0.3, -0.25) is 9.80 Å². The summed E-state index contributed by atoms with van der Waals surface area (Å²) in [6.45, 7) is 16.3. The first kappa shape index (κ1) is 38.5. The number of unbranched alkanes of at least 4 members (excludes halogenated alkanes) is 12. The van der Waals surface area contributed by atoms with Gasteiger partial charge in [-0.1, -0.05) is 153 Å². The summed E-state index contributed by atoms with van der Waals surface area (Å²) in [5, 5.41) is 0. The van der Waals surface area contributed by atoms with Crippen molar-refractivity contribution in [2.45, 2.75) is 144 Å². The topological polar surface area (TPSA) is 24.9 Å². The maximum atomic E-state index is 6.38. The van der Waals surface area contributed by atoms with E-state index in [4.69, 9.17) is 9.47 Å². The first-order valence-corrected chi connectivity index (χ1v) is 18.5. The molecule has 250 valence electrons. The molecule has 0 aliphatic heterocycles. The van der Waals surface area contributed by atoms with E-state index >= 15 is 0 Å². The Kier molecular flexibility index (Phi) is 23.2. The zero-order valence-corrected chi connectivity index (χ0v) is 29.3. The van der Waals surface area contributed by atoms with E-state index in [1.807, 2.05) is 0 Å². The van der Waals surface area contributed by atoms with Crippen molar-refractivity contribution in [2.24, 2.45) is 0 Å². The van der Waals surface area contributed by atoms with Crippen LogP contribution in [0.4, 0.5) is 0 Å². The molecule has 0 radical (unpaired) electrons. The van der Waals surface area contributed by atoms with Gasteiger partial charge in [-0.2, -0.15) is 0 Å². The Hall–Kier alpha value is -1.72. The van der Waals surface area contributed by atoms with E-state index in [1.54, 1.807) is 0 Å². The zero-order chi connectivity index (χ0) is 31.5. The molecular formula is C40H68N2O2. The minimum atomic E-state index is 0.632. The lowest BCUT2D eigenvalue weighted by Crippen LogP contribution is -2.29. The second kappa shape index (κ2) is 26.5. The average Bonchev–Trinajstić information content (AvgIpc) is 3.05. The summed E-state index contributed by atoms with van der Waals surface area (Å²) in [6.07, 6.45) is 21.0. The van der Waals surface area contributed by atoms with Crippen molar-refractivity contribution >= 4 is 0 Å². The Morgan fingerprint density at radius 3 is 1.16 bits per heavy atom. The third kappa shape index (κ3) is 17.1. The van der Waals surface area contributed by atoms with Crippen LogP contribution in [-0.4, -0.2) is 49.4 Å². The Morgan fingerprint density at radius 2 is 0.750 bits per heavy atom. The van der Waals surface area contributed by atoms with Gasteiger partial charge >= 0.3 is 0 Å². The molecule has 0 aromatic heterocycles. The molecule has 0 spiro atoms. The summed E-state index contributed by atoms with van der Waals surface area (Å²) >= 11 is 0. The van der Waals surface area contributed by atoms with Crippen LogP contribution in [0.15, 0.2) is 48.5 Å². The molecule has 2 rings (SSSR count). The number of nitrogens with zero attached hydrogens (tertiary/aromatic N) is 2. The second-order valence-corrected chi connectivity index (χ2v) is 12.7. The monoisotopic (exact) mass is 609 g/mol. The van der Waals surface area contributed by atoms with Gasteiger partial charge in [-0.15, -0.1) is 0 Å². The molecule has 0 N–H and O–H groups in total. The Balaban J connectivity index is 1.93.